The number of hydrogen-bond acceptors (Lipinski definition) is 4. The molecule has 0 spiro atoms. The van der Waals surface area contributed by atoms with Crippen LogP contribution in [0.1, 0.15) is 26.2 Å². The number of hydrogen-bond donors (Lipinski definition) is 1. The van der Waals surface area contributed by atoms with Crippen LogP contribution in [0.15, 0.2) is 0 Å². The summed E-state index contributed by atoms with van der Waals surface area (Å²) < 4.78 is 5.80. The Morgan fingerprint density at radius 2 is 2.11 bits per heavy atom. The first-order chi connectivity index (χ1) is 8.83. The van der Waals surface area contributed by atoms with Crippen molar-refractivity contribution in [2.24, 2.45) is 0 Å². The summed E-state index contributed by atoms with van der Waals surface area (Å²) in [5.41, 5.74) is 0. The van der Waals surface area contributed by atoms with E-state index in [1.54, 1.807) is 0 Å². The van der Waals surface area contributed by atoms with E-state index in [-0.39, 0.29) is 0 Å². The molecule has 0 aromatic rings. The van der Waals surface area contributed by atoms with Gasteiger partial charge in [-0.3, -0.25) is 4.90 Å². The maximum atomic E-state index is 5.80. The standard InChI is InChI=1S/C14H29N3O/c1-3-16-7-4-5-13(6-8-16)17-9-10-18-14(12-17)11-15-2/h13-15H,3-12H2,1-2H3. The summed E-state index contributed by atoms with van der Waals surface area (Å²) in [6, 6.07) is 0.782. The van der Waals surface area contributed by atoms with Crippen molar-refractivity contribution in [2.45, 2.75) is 38.3 Å². The van der Waals surface area contributed by atoms with Crippen LogP contribution in [0.2, 0.25) is 0 Å². The summed E-state index contributed by atoms with van der Waals surface area (Å²) in [6.07, 6.45) is 4.43. The smallest absolute Gasteiger partial charge is 0.0826 e. The molecular formula is C14H29N3O. The monoisotopic (exact) mass is 255 g/mol. The van der Waals surface area contributed by atoms with E-state index >= 15 is 0 Å². The highest BCUT2D eigenvalue weighted by Crippen LogP contribution is 2.19. The van der Waals surface area contributed by atoms with Gasteiger partial charge in [0.05, 0.1) is 12.7 Å². The summed E-state index contributed by atoms with van der Waals surface area (Å²) in [5.74, 6) is 0. The molecule has 2 atom stereocenters. The van der Waals surface area contributed by atoms with E-state index in [4.69, 9.17) is 4.74 Å². The molecule has 0 amide bonds. The largest absolute Gasteiger partial charge is 0.374 e. The number of likely N-dealkylation sites (tertiary alicyclic amines) is 1. The minimum atomic E-state index is 0.384. The summed E-state index contributed by atoms with van der Waals surface area (Å²) in [7, 11) is 2.01. The van der Waals surface area contributed by atoms with Gasteiger partial charge in [-0.1, -0.05) is 6.92 Å². The number of nitrogens with one attached hydrogen (secondary N) is 1. The highest BCUT2D eigenvalue weighted by molar-refractivity contribution is 4.82. The van der Waals surface area contributed by atoms with Gasteiger partial charge in [-0.25, -0.2) is 0 Å². The molecule has 0 aromatic carbocycles. The molecule has 2 aliphatic rings. The Labute approximate surface area is 112 Å². The molecule has 2 rings (SSSR count). The topological polar surface area (TPSA) is 27.7 Å². The van der Waals surface area contributed by atoms with Crippen LogP contribution >= 0.6 is 0 Å². The third kappa shape index (κ3) is 3.92. The quantitative estimate of drug-likeness (QED) is 0.803. The van der Waals surface area contributed by atoms with Gasteiger partial charge in [0.25, 0.3) is 0 Å². The Morgan fingerprint density at radius 1 is 1.22 bits per heavy atom. The molecule has 0 radical (unpaired) electrons. The first kappa shape index (κ1) is 14.3. The van der Waals surface area contributed by atoms with Crippen molar-refractivity contribution in [2.75, 3.05) is 52.9 Å². The van der Waals surface area contributed by atoms with Crippen molar-refractivity contribution in [3.05, 3.63) is 0 Å². The van der Waals surface area contributed by atoms with Crippen molar-refractivity contribution in [1.29, 1.82) is 0 Å². The van der Waals surface area contributed by atoms with Crippen LogP contribution in [0.4, 0.5) is 0 Å². The molecule has 0 aliphatic carbocycles. The van der Waals surface area contributed by atoms with Crippen LogP contribution < -0.4 is 5.32 Å². The Balaban J connectivity index is 1.82. The number of morpholine rings is 1. The molecule has 4 heteroatoms. The van der Waals surface area contributed by atoms with Crippen molar-refractivity contribution >= 4 is 0 Å². The lowest BCUT2D eigenvalue weighted by atomic mass is 10.1. The second-order valence-electron chi connectivity index (χ2n) is 5.56. The van der Waals surface area contributed by atoms with Gasteiger partial charge in [-0.05, 0) is 45.9 Å². The van der Waals surface area contributed by atoms with Crippen LogP contribution in [0, 0.1) is 0 Å². The molecule has 2 fully saturated rings. The van der Waals surface area contributed by atoms with E-state index in [1.165, 1.54) is 38.9 Å². The van der Waals surface area contributed by atoms with Gasteiger partial charge in [0.2, 0.25) is 0 Å². The van der Waals surface area contributed by atoms with Crippen molar-refractivity contribution in [3.8, 4) is 0 Å². The van der Waals surface area contributed by atoms with Gasteiger partial charge in [-0.15, -0.1) is 0 Å². The van der Waals surface area contributed by atoms with E-state index < -0.39 is 0 Å². The van der Waals surface area contributed by atoms with Gasteiger partial charge in [-0.2, -0.15) is 0 Å². The highest BCUT2D eigenvalue weighted by Gasteiger charge is 2.27. The first-order valence-electron chi connectivity index (χ1n) is 7.56. The molecular weight excluding hydrogens is 226 g/mol. The van der Waals surface area contributed by atoms with Gasteiger partial charge in [0, 0.05) is 25.7 Å². The third-order valence-electron chi connectivity index (χ3n) is 4.36. The second kappa shape index (κ2) is 7.43. The SMILES string of the molecule is CCN1CCCC(N2CCOC(CNC)C2)CC1. The number of rotatable bonds is 4. The zero-order valence-electron chi connectivity index (χ0n) is 12.0. The van der Waals surface area contributed by atoms with Gasteiger partial charge in [0.15, 0.2) is 0 Å². The molecule has 2 heterocycles. The molecule has 0 bridgehead atoms. The zero-order valence-corrected chi connectivity index (χ0v) is 12.0. The minimum absolute atomic E-state index is 0.384. The van der Waals surface area contributed by atoms with E-state index in [0.29, 0.717) is 6.10 Å². The molecule has 18 heavy (non-hydrogen) atoms. The Kier molecular flexibility index (Phi) is 5.89. The maximum absolute atomic E-state index is 5.80. The molecule has 0 aromatic heterocycles. The Hall–Kier alpha value is -0.160. The van der Waals surface area contributed by atoms with Gasteiger partial charge in [0.1, 0.15) is 0 Å². The molecule has 0 saturated carbocycles. The number of likely N-dealkylation sites (N-methyl/N-ethyl adjacent to an activating group) is 1. The predicted octanol–water partition coefficient (Wildman–Crippen LogP) is 0.781. The average molecular weight is 255 g/mol. The number of ether oxygens (including phenoxy) is 1. The molecule has 106 valence electrons. The van der Waals surface area contributed by atoms with Crippen molar-refractivity contribution < 1.29 is 4.74 Å². The lowest BCUT2D eigenvalue weighted by Crippen LogP contribution is -2.50. The number of nitrogens with zero attached hydrogens (tertiary/aromatic N) is 2. The van der Waals surface area contributed by atoms with E-state index in [2.05, 4.69) is 22.0 Å². The molecule has 2 unspecified atom stereocenters. The fraction of sp³-hybridized carbons (Fsp3) is 1.00. The van der Waals surface area contributed by atoms with Crippen molar-refractivity contribution in [3.63, 3.8) is 0 Å². The van der Waals surface area contributed by atoms with Gasteiger partial charge < -0.3 is 15.0 Å². The van der Waals surface area contributed by atoms with Crippen LogP contribution in [-0.4, -0.2) is 74.9 Å². The minimum Gasteiger partial charge on any atom is -0.374 e. The summed E-state index contributed by atoms with van der Waals surface area (Å²) in [6.45, 7) is 10.2. The molecule has 4 nitrogen and oxygen atoms in total. The van der Waals surface area contributed by atoms with Crippen LogP contribution in [0.25, 0.3) is 0 Å². The van der Waals surface area contributed by atoms with E-state index in [0.717, 1.165) is 32.3 Å². The predicted molar refractivity (Wildman–Crippen MR) is 75.0 cm³/mol. The lowest BCUT2D eigenvalue weighted by molar-refractivity contribution is -0.0430. The van der Waals surface area contributed by atoms with E-state index in [9.17, 15) is 0 Å². The normalized spacial score (nSPS) is 32.3. The second-order valence-corrected chi connectivity index (χ2v) is 5.56. The lowest BCUT2D eigenvalue weighted by Gasteiger charge is -2.38. The highest BCUT2D eigenvalue weighted by atomic mass is 16.5. The van der Waals surface area contributed by atoms with Crippen LogP contribution in [-0.2, 0) is 4.74 Å². The average Bonchev–Trinajstić information content (AvgIpc) is 2.65. The first-order valence-corrected chi connectivity index (χ1v) is 7.56. The Bertz CT molecular complexity index is 235. The molecule has 1 N–H and O–H groups in total. The summed E-state index contributed by atoms with van der Waals surface area (Å²) in [5, 5.41) is 3.23. The maximum Gasteiger partial charge on any atom is 0.0826 e. The fourth-order valence-corrected chi connectivity index (χ4v) is 3.24. The van der Waals surface area contributed by atoms with Crippen LogP contribution in [0.3, 0.4) is 0 Å². The van der Waals surface area contributed by atoms with Crippen molar-refractivity contribution in [1.82, 2.24) is 15.1 Å². The Morgan fingerprint density at radius 3 is 2.89 bits per heavy atom. The van der Waals surface area contributed by atoms with Crippen LogP contribution in [0.5, 0.6) is 0 Å². The summed E-state index contributed by atoms with van der Waals surface area (Å²) in [4.78, 5) is 5.26. The molecule has 2 aliphatic heterocycles. The fourth-order valence-electron chi connectivity index (χ4n) is 3.24. The molecule has 2 saturated heterocycles. The third-order valence-corrected chi connectivity index (χ3v) is 4.36. The summed E-state index contributed by atoms with van der Waals surface area (Å²) >= 11 is 0. The van der Waals surface area contributed by atoms with Gasteiger partial charge >= 0.3 is 0 Å². The zero-order chi connectivity index (χ0) is 12.8. The van der Waals surface area contributed by atoms with E-state index in [1.807, 2.05) is 7.05 Å².